The van der Waals surface area contributed by atoms with E-state index in [4.69, 9.17) is 18.9 Å². The first kappa shape index (κ1) is 14.3. The van der Waals surface area contributed by atoms with Gasteiger partial charge in [0.15, 0.2) is 6.10 Å². The van der Waals surface area contributed by atoms with Crippen LogP contribution in [-0.2, 0) is 28.5 Å². The summed E-state index contributed by atoms with van der Waals surface area (Å²) in [7, 11) is 0. The van der Waals surface area contributed by atoms with Crippen LogP contribution in [0.5, 0.6) is 0 Å². The van der Waals surface area contributed by atoms with Crippen LogP contribution >= 0.6 is 0 Å². The predicted octanol–water partition coefficient (Wildman–Crippen LogP) is 1.17. The molecule has 2 heterocycles. The molecule has 1 spiro atoms. The lowest BCUT2D eigenvalue weighted by molar-refractivity contribution is -0.335. The fourth-order valence-corrected chi connectivity index (χ4v) is 2.67. The summed E-state index contributed by atoms with van der Waals surface area (Å²) in [5, 5.41) is 0. The van der Waals surface area contributed by atoms with Crippen LogP contribution in [-0.4, -0.2) is 43.1 Å². The summed E-state index contributed by atoms with van der Waals surface area (Å²) in [6.45, 7) is 3.66. The number of hydrogen-bond donors (Lipinski definition) is 0. The Bertz CT molecular complexity index is 342. The van der Waals surface area contributed by atoms with Crippen molar-refractivity contribution in [1.82, 2.24) is 0 Å². The van der Waals surface area contributed by atoms with Gasteiger partial charge in [0.2, 0.25) is 5.79 Å². The average molecular weight is 272 g/mol. The average Bonchev–Trinajstić information content (AvgIpc) is 2.34. The van der Waals surface area contributed by atoms with E-state index in [9.17, 15) is 9.59 Å². The summed E-state index contributed by atoms with van der Waals surface area (Å²) < 4.78 is 22.1. The van der Waals surface area contributed by atoms with E-state index >= 15 is 0 Å². The van der Waals surface area contributed by atoms with E-state index in [0.717, 1.165) is 12.8 Å². The van der Waals surface area contributed by atoms with Crippen LogP contribution < -0.4 is 0 Å². The second kappa shape index (κ2) is 5.88. The minimum atomic E-state index is -0.956. The molecule has 0 radical (unpaired) electrons. The molecule has 0 aromatic heterocycles. The van der Waals surface area contributed by atoms with Gasteiger partial charge in [0.05, 0.1) is 13.2 Å². The summed E-state index contributed by atoms with van der Waals surface area (Å²) in [5.74, 6) is -1.78. The van der Waals surface area contributed by atoms with E-state index in [1.807, 2.05) is 0 Å². The van der Waals surface area contributed by atoms with Crippen molar-refractivity contribution in [2.75, 3.05) is 13.2 Å². The number of carbonyl (C=O) groups is 2. The van der Waals surface area contributed by atoms with Crippen molar-refractivity contribution in [2.45, 2.75) is 57.5 Å². The third-order valence-corrected chi connectivity index (χ3v) is 3.40. The Labute approximate surface area is 112 Å². The first-order chi connectivity index (χ1) is 9.03. The van der Waals surface area contributed by atoms with Gasteiger partial charge in [-0.25, -0.2) is 0 Å². The summed E-state index contributed by atoms with van der Waals surface area (Å²) >= 11 is 0. The number of ether oxygens (including phenoxy) is 4. The largest absolute Gasteiger partial charge is 0.458 e. The highest BCUT2D eigenvalue weighted by molar-refractivity contribution is 5.67. The van der Waals surface area contributed by atoms with Crippen molar-refractivity contribution in [3.8, 4) is 0 Å². The summed E-state index contributed by atoms with van der Waals surface area (Å²) in [6.07, 6.45) is 1.84. The van der Waals surface area contributed by atoms with Gasteiger partial charge in [-0.05, 0) is 12.8 Å². The standard InChI is InChI=1S/C13H20O6/c1-9(14)18-11-5-8-17-13(6-3-4-7-16-13)12(11)19-10(2)15/h11-12H,3-8H2,1-2H3/t11-,12-,13+/m1/s1. The fraction of sp³-hybridized carbons (Fsp3) is 0.846. The number of hydrogen-bond acceptors (Lipinski definition) is 6. The third kappa shape index (κ3) is 3.25. The molecule has 0 aromatic rings. The van der Waals surface area contributed by atoms with E-state index in [1.165, 1.54) is 13.8 Å². The summed E-state index contributed by atoms with van der Waals surface area (Å²) in [5.41, 5.74) is 0. The molecule has 0 amide bonds. The van der Waals surface area contributed by atoms with Crippen LogP contribution in [0, 0.1) is 0 Å². The molecule has 2 fully saturated rings. The van der Waals surface area contributed by atoms with Crippen LogP contribution in [0.1, 0.15) is 39.5 Å². The minimum Gasteiger partial charge on any atom is -0.458 e. The minimum absolute atomic E-state index is 0.394. The Morgan fingerprint density at radius 1 is 1.05 bits per heavy atom. The molecule has 2 saturated heterocycles. The molecule has 0 unspecified atom stereocenters. The fourth-order valence-electron chi connectivity index (χ4n) is 2.67. The van der Waals surface area contributed by atoms with Crippen LogP contribution in [0.3, 0.4) is 0 Å². The Kier molecular flexibility index (Phi) is 4.42. The molecule has 19 heavy (non-hydrogen) atoms. The number of esters is 2. The molecule has 0 bridgehead atoms. The second-order valence-corrected chi connectivity index (χ2v) is 4.93. The topological polar surface area (TPSA) is 71.1 Å². The number of rotatable bonds is 2. The Hall–Kier alpha value is -1.14. The van der Waals surface area contributed by atoms with Gasteiger partial charge < -0.3 is 18.9 Å². The van der Waals surface area contributed by atoms with Crippen molar-refractivity contribution >= 4 is 11.9 Å². The van der Waals surface area contributed by atoms with E-state index < -0.39 is 29.9 Å². The number of carbonyl (C=O) groups excluding carboxylic acids is 2. The molecule has 0 saturated carbocycles. The SMILES string of the molecule is CC(=O)O[C@@H]1[C@H](OC(C)=O)CCO[C@@]12CCCCO2. The maximum atomic E-state index is 11.3. The smallest absolute Gasteiger partial charge is 0.303 e. The normalized spacial score (nSPS) is 34.8. The monoisotopic (exact) mass is 272 g/mol. The Balaban J connectivity index is 2.19. The highest BCUT2D eigenvalue weighted by atomic mass is 16.7. The Morgan fingerprint density at radius 3 is 2.32 bits per heavy atom. The van der Waals surface area contributed by atoms with Crippen LogP contribution in [0.25, 0.3) is 0 Å². The van der Waals surface area contributed by atoms with Crippen molar-refractivity contribution in [3.05, 3.63) is 0 Å². The zero-order chi connectivity index (χ0) is 13.9. The van der Waals surface area contributed by atoms with Gasteiger partial charge in [0.1, 0.15) is 6.10 Å². The van der Waals surface area contributed by atoms with Gasteiger partial charge in [-0.3, -0.25) is 9.59 Å². The highest BCUT2D eigenvalue weighted by Crippen LogP contribution is 2.38. The van der Waals surface area contributed by atoms with Gasteiger partial charge >= 0.3 is 11.9 Å². The summed E-state index contributed by atoms with van der Waals surface area (Å²) in [4.78, 5) is 22.5. The molecule has 6 nitrogen and oxygen atoms in total. The second-order valence-electron chi connectivity index (χ2n) is 4.93. The quantitative estimate of drug-likeness (QED) is 0.703. The first-order valence-electron chi connectivity index (χ1n) is 6.66. The van der Waals surface area contributed by atoms with Crippen LogP contribution in [0.15, 0.2) is 0 Å². The highest BCUT2D eigenvalue weighted by Gasteiger charge is 2.52. The predicted molar refractivity (Wildman–Crippen MR) is 64.2 cm³/mol. The van der Waals surface area contributed by atoms with E-state index in [0.29, 0.717) is 26.1 Å². The molecule has 2 aliphatic rings. The third-order valence-electron chi connectivity index (χ3n) is 3.40. The summed E-state index contributed by atoms with van der Waals surface area (Å²) in [6, 6.07) is 0. The lowest BCUT2D eigenvalue weighted by Crippen LogP contribution is -2.60. The van der Waals surface area contributed by atoms with E-state index in [1.54, 1.807) is 0 Å². The zero-order valence-electron chi connectivity index (χ0n) is 11.3. The van der Waals surface area contributed by atoms with Crippen molar-refractivity contribution in [1.29, 1.82) is 0 Å². The van der Waals surface area contributed by atoms with E-state index in [-0.39, 0.29) is 0 Å². The van der Waals surface area contributed by atoms with Crippen molar-refractivity contribution in [3.63, 3.8) is 0 Å². The van der Waals surface area contributed by atoms with Crippen LogP contribution in [0.4, 0.5) is 0 Å². The molecule has 0 aliphatic carbocycles. The zero-order valence-corrected chi connectivity index (χ0v) is 11.3. The molecular weight excluding hydrogens is 252 g/mol. The lowest BCUT2D eigenvalue weighted by Gasteiger charge is -2.47. The lowest BCUT2D eigenvalue weighted by atomic mass is 9.92. The molecule has 3 atom stereocenters. The maximum absolute atomic E-state index is 11.3. The van der Waals surface area contributed by atoms with Gasteiger partial charge in [0, 0.05) is 26.7 Å². The van der Waals surface area contributed by atoms with Crippen LogP contribution in [0.2, 0.25) is 0 Å². The first-order valence-corrected chi connectivity index (χ1v) is 6.66. The molecule has 6 heteroatoms. The van der Waals surface area contributed by atoms with Gasteiger partial charge in [-0.1, -0.05) is 0 Å². The van der Waals surface area contributed by atoms with Gasteiger partial charge in [-0.2, -0.15) is 0 Å². The molecule has 108 valence electrons. The van der Waals surface area contributed by atoms with Gasteiger partial charge in [-0.15, -0.1) is 0 Å². The van der Waals surface area contributed by atoms with E-state index in [2.05, 4.69) is 0 Å². The molecule has 2 rings (SSSR count). The van der Waals surface area contributed by atoms with Crippen molar-refractivity contribution < 1.29 is 28.5 Å². The molecular formula is C13H20O6. The maximum Gasteiger partial charge on any atom is 0.303 e. The van der Waals surface area contributed by atoms with Gasteiger partial charge in [0.25, 0.3) is 0 Å². The van der Waals surface area contributed by atoms with Crippen molar-refractivity contribution in [2.24, 2.45) is 0 Å². The molecule has 0 aromatic carbocycles. The Morgan fingerprint density at radius 2 is 1.74 bits per heavy atom. The molecule has 0 N–H and O–H groups in total. The molecule has 2 aliphatic heterocycles.